The predicted octanol–water partition coefficient (Wildman–Crippen LogP) is 1.44. The summed E-state index contributed by atoms with van der Waals surface area (Å²) in [6, 6.07) is 0. The Morgan fingerprint density at radius 2 is 2.40 bits per heavy atom. The number of thiazole rings is 1. The third-order valence-corrected chi connectivity index (χ3v) is 2.97. The lowest BCUT2D eigenvalue weighted by Crippen LogP contribution is -2.35. The lowest BCUT2D eigenvalue weighted by atomic mass is 10.3. The van der Waals surface area contributed by atoms with Crippen molar-refractivity contribution in [3.05, 3.63) is 16.1 Å². The van der Waals surface area contributed by atoms with Crippen molar-refractivity contribution >= 4 is 17.2 Å². The molecule has 84 valence electrons. The molecule has 1 unspecified atom stereocenters. The minimum Gasteiger partial charge on any atom is -0.372 e. The fraction of sp³-hybridized carbons (Fsp3) is 0.600. The Hall–Kier alpha value is -0.940. The molecule has 1 rings (SSSR count). The van der Waals surface area contributed by atoms with Crippen LogP contribution in [-0.2, 0) is 16.1 Å². The minimum atomic E-state index is -0.394. The van der Waals surface area contributed by atoms with Crippen molar-refractivity contribution in [1.82, 2.24) is 9.88 Å². The van der Waals surface area contributed by atoms with Crippen molar-refractivity contribution < 1.29 is 9.53 Å². The maximum absolute atomic E-state index is 11.7. The zero-order valence-electron chi connectivity index (χ0n) is 9.48. The van der Waals surface area contributed by atoms with E-state index in [2.05, 4.69) is 4.98 Å². The van der Waals surface area contributed by atoms with Gasteiger partial charge in [0.25, 0.3) is 5.91 Å². The van der Waals surface area contributed by atoms with Crippen LogP contribution < -0.4 is 0 Å². The number of nitrogens with zero attached hydrogens (tertiary/aromatic N) is 2. The molecule has 1 heterocycles. The topological polar surface area (TPSA) is 42.4 Å². The molecule has 0 saturated heterocycles. The predicted molar refractivity (Wildman–Crippen MR) is 59.8 cm³/mol. The van der Waals surface area contributed by atoms with Gasteiger partial charge in [-0.3, -0.25) is 4.79 Å². The summed E-state index contributed by atoms with van der Waals surface area (Å²) in [5, 5.41) is 2.99. The third-order valence-electron chi connectivity index (χ3n) is 2.14. The van der Waals surface area contributed by atoms with E-state index < -0.39 is 6.10 Å². The number of rotatable bonds is 4. The molecule has 1 atom stereocenters. The number of aryl methyl sites for hydroxylation is 1. The van der Waals surface area contributed by atoms with Crippen LogP contribution in [0.15, 0.2) is 5.38 Å². The number of carbonyl (C=O) groups excluding carboxylic acids is 1. The van der Waals surface area contributed by atoms with Crippen LogP contribution in [0.5, 0.6) is 0 Å². The van der Waals surface area contributed by atoms with Gasteiger partial charge < -0.3 is 9.64 Å². The van der Waals surface area contributed by atoms with Crippen LogP contribution in [0.1, 0.15) is 17.6 Å². The summed E-state index contributed by atoms with van der Waals surface area (Å²) in [5.41, 5.74) is 0.927. The highest BCUT2D eigenvalue weighted by atomic mass is 32.1. The van der Waals surface area contributed by atoms with Crippen molar-refractivity contribution in [2.75, 3.05) is 14.2 Å². The number of amides is 1. The van der Waals surface area contributed by atoms with Gasteiger partial charge in [0.15, 0.2) is 0 Å². The standard InChI is InChI=1S/C10H16N2O2S/c1-7(14-4)10(13)12(3)5-9-6-15-8(2)11-9/h6-7H,5H2,1-4H3. The molecule has 4 nitrogen and oxygen atoms in total. The van der Waals surface area contributed by atoms with Gasteiger partial charge in [-0.25, -0.2) is 4.98 Å². The highest BCUT2D eigenvalue weighted by Crippen LogP contribution is 2.10. The second kappa shape index (κ2) is 5.23. The first-order valence-corrected chi connectivity index (χ1v) is 5.61. The zero-order valence-corrected chi connectivity index (χ0v) is 10.3. The minimum absolute atomic E-state index is 0.0249. The van der Waals surface area contributed by atoms with E-state index in [0.29, 0.717) is 6.54 Å². The van der Waals surface area contributed by atoms with Gasteiger partial charge in [0.2, 0.25) is 0 Å². The highest BCUT2D eigenvalue weighted by molar-refractivity contribution is 7.09. The van der Waals surface area contributed by atoms with Crippen LogP contribution in [0, 0.1) is 6.92 Å². The van der Waals surface area contributed by atoms with Crippen molar-refractivity contribution in [1.29, 1.82) is 0 Å². The van der Waals surface area contributed by atoms with Gasteiger partial charge in [0.1, 0.15) is 6.10 Å². The first-order chi connectivity index (χ1) is 7.04. The quantitative estimate of drug-likeness (QED) is 0.783. The van der Waals surface area contributed by atoms with Crippen LogP contribution in [0.25, 0.3) is 0 Å². The lowest BCUT2D eigenvalue weighted by molar-refractivity contribution is -0.140. The molecule has 0 bridgehead atoms. The number of methoxy groups -OCH3 is 1. The van der Waals surface area contributed by atoms with Gasteiger partial charge in [-0.05, 0) is 13.8 Å². The summed E-state index contributed by atoms with van der Waals surface area (Å²) < 4.78 is 4.97. The molecular weight excluding hydrogens is 212 g/mol. The fourth-order valence-electron chi connectivity index (χ4n) is 1.21. The van der Waals surface area contributed by atoms with Crippen LogP contribution in [0.3, 0.4) is 0 Å². The molecule has 15 heavy (non-hydrogen) atoms. The van der Waals surface area contributed by atoms with Crippen molar-refractivity contribution in [2.45, 2.75) is 26.5 Å². The molecule has 0 aliphatic rings. The van der Waals surface area contributed by atoms with Crippen molar-refractivity contribution in [3.63, 3.8) is 0 Å². The highest BCUT2D eigenvalue weighted by Gasteiger charge is 2.17. The van der Waals surface area contributed by atoms with Gasteiger partial charge in [-0.15, -0.1) is 11.3 Å². The number of hydrogen-bond acceptors (Lipinski definition) is 4. The second-order valence-electron chi connectivity index (χ2n) is 3.43. The molecule has 5 heteroatoms. The van der Waals surface area contributed by atoms with Crippen molar-refractivity contribution in [3.8, 4) is 0 Å². The summed E-state index contributed by atoms with van der Waals surface area (Å²) in [4.78, 5) is 17.6. The summed E-state index contributed by atoms with van der Waals surface area (Å²) >= 11 is 1.59. The Morgan fingerprint density at radius 3 is 2.87 bits per heavy atom. The number of aromatic nitrogens is 1. The van der Waals surface area contributed by atoms with Gasteiger partial charge >= 0.3 is 0 Å². The van der Waals surface area contributed by atoms with Gasteiger partial charge in [-0.1, -0.05) is 0 Å². The molecule has 0 aliphatic carbocycles. The Balaban J connectivity index is 2.55. The zero-order chi connectivity index (χ0) is 11.4. The molecular formula is C10H16N2O2S. The van der Waals surface area contributed by atoms with Crippen LogP contribution in [-0.4, -0.2) is 36.1 Å². The molecule has 0 fully saturated rings. The Labute approximate surface area is 93.9 Å². The van der Waals surface area contributed by atoms with E-state index in [1.165, 1.54) is 7.11 Å². The summed E-state index contributed by atoms with van der Waals surface area (Å²) in [7, 11) is 3.29. The molecule has 0 N–H and O–H groups in total. The Morgan fingerprint density at radius 1 is 1.73 bits per heavy atom. The molecule has 0 aromatic carbocycles. The smallest absolute Gasteiger partial charge is 0.251 e. The monoisotopic (exact) mass is 228 g/mol. The van der Waals surface area contributed by atoms with Gasteiger partial charge in [0, 0.05) is 19.5 Å². The third kappa shape index (κ3) is 3.28. The lowest BCUT2D eigenvalue weighted by Gasteiger charge is -2.19. The van der Waals surface area contributed by atoms with E-state index >= 15 is 0 Å². The molecule has 1 aromatic heterocycles. The first-order valence-electron chi connectivity index (χ1n) is 4.73. The summed E-state index contributed by atoms with van der Waals surface area (Å²) in [5.74, 6) is -0.0249. The van der Waals surface area contributed by atoms with E-state index in [1.54, 1.807) is 30.2 Å². The number of carbonyl (C=O) groups is 1. The van der Waals surface area contributed by atoms with Crippen LogP contribution >= 0.6 is 11.3 Å². The molecule has 0 spiro atoms. The Kier molecular flexibility index (Phi) is 4.23. The molecule has 0 saturated carbocycles. The van der Waals surface area contributed by atoms with Crippen LogP contribution in [0.4, 0.5) is 0 Å². The average molecular weight is 228 g/mol. The summed E-state index contributed by atoms with van der Waals surface area (Å²) in [6.45, 7) is 4.23. The molecule has 1 aromatic rings. The van der Waals surface area contributed by atoms with Gasteiger partial charge in [0.05, 0.1) is 17.2 Å². The largest absolute Gasteiger partial charge is 0.372 e. The number of likely N-dealkylation sites (N-methyl/N-ethyl adjacent to an activating group) is 1. The molecule has 0 aliphatic heterocycles. The Bertz CT molecular complexity index is 338. The maximum Gasteiger partial charge on any atom is 0.251 e. The maximum atomic E-state index is 11.7. The number of ether oxygens (including phenoxy) is 1. The average Bonchev–Trinajstić information content (AvgIpc) is 2.61. The van der Waals surface area contributed by atoms with E-state index in [9.17, 15) is 4.79 Å². The number of hydrogen-bond donors (Lipinski definition) is 0. The van der Waals surface area contributed by atoms with E-state index in [1.807, 2.05) is 12.3 Å². The van der Waals surface area contributed by atoms with Gasteiger partial charge in [-0.2, -0.15) is 0 Å². The van der Waals surface area contributed by atoms with E-state index in [0.717, 1.165) is 10.7 Å². The molecule has 0 radical (unpaired) electrons. The second-order valence-corrected chi connectivity index (χ2v) is 4.49. The van der Waals surface area contributed by atoms with Crippen LogP contribution in [0.2, 0.25) is 0 Å². The first kappa shape index (κ1) is 12.1. The fourth-order valence-corrected chi connectivity index (χ4v) is 1.82. The van der Waals surface area contributed by atoms with Crippen molar-refractivity contribution in [2.24, 2.45) is 0 Å². The van der Waals surface area contributed by atoms with E-state index in [-0.39, 0.29) is 5.91 Å². The van der Waals surface area contributed by atoms with E-state index in [4.69, 9.17) is 4.74 Å². The SMILES string of the molecule is COC(C)C(=O)N(C)Cc1csc(C)n1. The summed E-state index contributed by atoms with van der Waals surface area (Å²) in [6.07, 6.45) is -0.394. The normalized spacial score (nSPS) is 12.5. The molecule has 1 amide bonds.